The highest BCUT2D eigenvalue weighted by atomic mass is 19.1. The molecular formula is C18H19FN4O3. The van der Waals surface area contributed by atoms with Gasteiger partial charge in [-0.1, -0.05) is 0 Å². The highest BCUT2D eigenvalue weighted by molar-refractivity contribution is 5.72. The third-order valence-corrected chi connectivity index (χ3v) is 4.74. The number of nitrogens with zero attached hydrogens (tertiary/aromatic N) is 4. The lowest BCUT2D eigenvalue weighted by atomic mass is 10.2. The molecule has 1 saturated heterocycles. The van der Waals surface area contributed by atoms with E-state index in [4.69, 9.17) is 4.74 Å². The summed E-state index contributed by atoms with van der Waals surface area (Å²) in [5, 5.41) is 0. The number of aryl methyl sites for hydroxylation is 1. The molecule has 1 aliphatic rings. The van der Waals surface area contributed by atoms with Crippen LogP contribution in [0.3, 0.4) is 0 Å². The summed E-state index contributed by atoms with van der Waals surface area (Å²) in [4.78, 5) is 30.4. The second-order valence-electron chi connectivity index (χ2n) is 6.35. The van der Waals surface area contributed by atoms with Crippen molar-refractivity contribution in [1.29, 1.82) is 0 Å². The maximum absolute atomic E-state index is 13.3. The Kier molecular flexibility index (Phi) is 4.20. The lowest BCUT2D eigenvalue weighted by Crippen LogP contribution is -2.42. The van der Waals surface area contributed by atoms with Crippen LogP contribution in [-0.4, -0.2) is 31.4 Å². The first-order valence-electron chi connectivity index (χ1n) is 8.68. The van der Waals surface area contributed by atoms with Crippen LogP contribution in [0.5, 0.6) is 0 Å². The molecule has 1 aromatic carbocycles. The Morgan fingerprint density at radius 3 is 2.69 bits per heavy atom. The third-order valence-electron chi connectivity index (χ3n) is 4.74. The molecule has 1 fully saturated rings. The molecule has 0 bridgehead atoms. The quantitative estimate of drug-likeness (QED) is 0.712. The minimum absolute atomic E-state index is 0.155. The van der Waals surface area contributed by atoms with Crippen LogP contribution in [0.4, 0.5) is 4.39 Å². The van der Waals surface area contributed by atoms with E-state index in [0.717, 1.165) is 12.8 Å². The first-order valence-corrected chi connectivity index (χ1v) is 8.68. The minimum Gasteiger partial charge on any atom is -0.376 e. The van der Waals surface area contributed by atoms with Crippen LogP contribution in [0.25, 0.3) is 16.9 Å². The average Bonchev–Trinajstić information content (AvgIpc) is 3.29. The van der Waals surface area contributed by atoms with E-state index in [1.54, 1.807) is 10.9 Å². The van der Waals surface area contributed by atoms with Gasteiger partial charge in [-0.25, -0.2) is 18.7 Å². The van der Waals surface area contributed by atoms with Crippen LogP contribution in [0.2, 0.25) is 0 Å². The molecule has 0 aliphatic carbocycles. The number of halogens is 1. The predicted molar refractivity (Wildman–Crippen MR) is 94.2 cm³/mol. The zero-order valence-electron chi connectivity index (χ0n) is 14.4. The maximum Gasteiger partial charge on any atom is 0.337 e. The number of rotatable bonds is 4. The largest absolute Gasteiger partial charge is 0.376 e. The monoisotopic (exact) mass is 358 g/mol. The van der Waals surface area contributed by atoms with Gasteiger partial charge in [-0.2, -0.15) is 0 Å². The highest BCUT2D eigenvalue weighted by Gasteiger charge is 2.23. The molecule has 1 atom stereocenters. The van der Waals surface area contributed by atoms with Crippen molar-refractivity contribution in [1.82, 2.24) is 18.7 Å². The number of fused-ring (bicyclic) bond motifs is 1. The highest BCUT2D eigenvalue weighted by Crippen LogP contribution is 2.16. The SMILES string of the molecule is CCn1cnc2c1c(=O)n(C[C@@H]1CCCO1)c(=O)n2-c1ccc(F)cc1. The van der Waals surface area contributed by atoms with Crippen molar-refractivity contribution in [3.8, 4) is 5.69 Å². The number of hydrogen-bond donors (Lipinski definition) is 0. The zero-order valence-corrected chi connectivity index (χ0v) is 14.4. The van der Waals surface area contributed by atoms with Gasteiger partial charge in [-0.05, 0) is 44.0 Å². The molecule has 8 heteroatoms. The fourth-order valence-corrected chi connectivity index (χ4v) is 3.40. The molecule has 0 unspecified atom stereocenters. The standard InChI is InChI=1S/C18H19FN4O3/c1-2-21-11-20-16-15(21)17(24)22(10-14-4-3-9-26-14)18(25)23(16)13-7-5-12(19)6-8-13/h5-8,11,14H,2-4,9-10H2,1H3/t14-/m0/s1. The topological polar surface area (TPSA) is 71.1 Å². The van der Waals surface area contributed by atoms with Crippen LogP contribution < -0.4 is 11.2 Å². The van der Waals surface area contributed by atoms with Crippen molar-refractivity contribution < 1.29 is 9.13 Å². The van der Waals surface area contributed by atoms with Gasteiger partial charge in [0, 0.05) is 13.2 Å². The molecule has 0 radical (unpaired) electrons. The fourth-order valence-electron chi connectivity index (χ4n) is 3.40. The van der Waals surface area contributed by atoms with Gasteiger partial charge in [0.2, 0.25) is 0 Å². The number of hydrogen-bond acceptors (Lipinski definition) is 4. The summed E-state index contributed by atoms with van der Waals surface area (Å²) in [6.07, 6.45) is 3.12. The molecule has 0 spiro atoms. The Bertz CT molecular complexity index is 1060. The van der Waals surface area contributed by atoms with Crippen molar-refractivity contribution in [2.24, 2.45) is 0 Å². The van der Waals surface area contributed by atoms with Gasteiger partial charge in [0.1, 0.15) is 5.82 Å². The Labute approximate surface area is 148 Å². The van der Waals surface area contributed by atoms with E-state index in [1.807, 2.05) is 6.92 Å². The van der Waals surface area contributed by atoms with Crippen molar-refractivity contribution in [2.75, 3.05) is 6.61 Å². The summed E-state index contributed by atoms with van der Waals surface area (Å²) in [5.74, 6) is -0.398. The summed E-state index contributed by atoms with van der Waals surface area (Å²) in [7, 11) is 0. The van der Waals surface area contributed by atoms with Gasteiger partial charge >= 0.3 is 5.69 Å². The molecule has 0 saturated carbocycles. The number of imidazole rings is 1. The molecule has 0 amide bonds. The smallest absolute Gasteiger partial charge is 0.337 e. The van der Waals surface area contributed by atoms with Crippen molar-refractivity contribution in [2.45, 2.75) is 39.0 Å². The van der Waals surface area contributed by atoms with Gasteiger partial charge in [-0.15, -0.1) is 0 Å². The van der Waals surface area contributed by atoms with E-state index >= 15 is 0 Å². The van der Waals surface area contributed by atoms with E-state index < -0.39 is 11.5 Å². The van der Waals surface area contributed by atoms with Crippen molar-refractivity contribution >= 4 is 11.2 Å². The molecule has 136 valence electrons. The molecule has 3 aromatic rings. The van der Waals surface area contributed by atoms with Crippen LogP contribution in [0, 0.1) is 5.82 Å². The molecule has 26 heavy (non-hydrogen) atoms. The summed E-state index contributed by atoms with van der Waals surface area (Å²) in [6, 6.07) is 5.56. The Morgan fingerprint density at radius 2 is 2.04 bits per heavy atom. The van der Waals surface area contributed by atoms with Gasteiger partial charge in [0.05, 0.1) is 24.7 Å². The zero-order chi connectivity index (χ0) is 18.3. The average molecular weight is 358 g/mol. The maximum atomic E-state index is 13.3. The summed E-state index contributed by atoms with van der Waals surface area (Å²) < 4.78 is 23.2. The number of benzene rings is 1. The van der Waals surface area contributed by atoms with Crippen LogP contribution in [-0.2, 0) is 17.8 Å². The first kappa shape index (κ1) is 16.7. The first-order chi connectivity index (χ1) is 12.6. The van der Waals surface area contributed by atoms with E-state index in [-0.39, 0.29) is 23.9 Å². The Hall–Kier alpha value is -2.74. The molecule has 3 heterocycles. The molecule has 7 nitrogen and oxygen atoms in total. The van der Waals surface area contributed by atoms with Gasteiger partial charge < -0.3 is 9.30 Å². The third kappa shape index (κ3) is 2.66. The van der Waals surface area contributed by atoms with E-state index in [1.165, 1.54) is 33.4 Å². The Balaban J connectivity index is 2.00. The summed E-state index contributed by atoms with van der Waals surface area (Å²) in [6.45, 7) is 3.29. The molecule has 1 aliphatic heterocycles. The molecule has 0 N–H and O–H groups in total. The predicted octanol–water partition coefficient (Wildman–Crippen LogP) is 1.69. The second-order valence-corrected chi connectivity index (χ2v) is 6.35. The van der Waals surface area contributed by atoms with Gasteiger partial charge in [0.25, 0.3) is 5.56 Å². The van der Waals surface area contributed by atoms with E-state index in [2.05, 4.69) is 4.98 Å². The molecule has 4 rings (SSSR count). The second kappa shape index (κ2) is 6.53. The number of aromatic nitrogens is 4. The van der Waals surface area contributed by atoms with Crippen LogP contribution in [0.1, 0.15) is 19.8 Å². The van der Waals surface area contributed by atoms with Gasteiger partial charge in [-0.3, -0.25) is 9.36 Å². The Morgan fingerprint density at radius 1 is 1.27 bits per heavy atom. The summed E-state index contributed by atoms with van der Waals surface area (Å²) in [5.41, 5.74) is 0.222. The molecule has 2 aromatic heterocycles. The van der Waals surface area contributed by atoms with Gasteiger partial charge in [0.15, 0.2) is 11.2 Å². The lowest BCUT2D eigenvalue weighted by molar-refractivity contribution is 0.0950. The van der Waals surface area contributed by atoms with Crippen molar-refractivity contribution in [3.63, 3.8) is 0 Å². The molecular weight excluding hydrogens is 339 g/mol. The normalized spacial score (nSPS) is 17.2. The fraction of sp³-hybridized carbons (Fsp3) is 0.389. The van der Waals surface area contributed by atoms with Crippen molar-refractivity contribution in [3.05, 3.63) is 57.2 Å². The van der Waals surface area contributed by atoms with E-state index in [9.17, 15) is 14.0 Å². The van der Waals surface area contributed by atoms with Crippen LogP contribution in [0.15, 0.2) is 40.2 Å². The van der Waals surface area contributed by atoms with E-state index in [0.29, 0.717) is 24.4 Å². The lowest BCUT2D eigenvalue weighted by Gasteiger charge is -2.15. The summed E-state index contributed by atoms with van der Waals surface area (Å²) >= 11 is 0. The number of ether oxygens (including phenoxy) is 1. The van der Waals surface area contributed by atoms with Crippen LogP contribution >= 0.6 is 0 Å². The minimum atomic E-state index is -0.494.